The van der Waals surface area contributed by atoms with Crippen molar-refractivity contribution >= 4 is 17.3 Å². The number of rotatable bonds is 4. The second-order valence-electron chi connectivity index (χ2n) is 4.88. The standard InChI is InChI=1S/C16H16N4O/c1-11(2)19-16(21)15-7-6-14(10-18-15)20-13-5-3-4-12(8-13)9-17/h3-8,10-11,20H,1-2H3,(H,19,21). The third-order valence-electron chi connectivity index (χ3n) is 2.70. The molecular formula is C16H16N4O. The smallest absolute Gasteiger partial charge is 0.270 e. The highest BCUT2D eigenvalue weighted by atomic mass is 16.1. The molecule has 0 aliphatic carbocycles. The summed E-state index contributed by atoms with van der Waals surface area (Å²) in [5.41, 5.74) is 2.52. The Morgan fingerprint density at radius 2 is 2.05 bits per heavy atom. The van der Waals surface area contributed by atoms with Crippen LogP contribution in [0, 0.1) is 11.3 Å². The molecule has 0 bridgehead atoms. The first-order chi connectivity index (χ1) is 10.1. The van der Waals surface area contributed by atoms with Crippen LogP contribution in [0.2, 0.25) is 0 Å². The molecule has 0 saturated carbocycles. The number of nitrogens with one attached hydrogen (secondary N) is 2. The normalized spacial score (nSPS) is 10.0. The van der Waals surface area contributed by atoms with E-state index in [1.54, 1.807) is 36.5 Å². The van der Waals surface area contributed by atoms with E-state index in [1.165, 1.54) is 0 Å². The zero-order valence-electron chi connectivity index (χ0n) is 11.9. The Morgan fingerprint density at radius 3 is 2.67 bits per heavy atom. The number of carbonyl (C=O) groups excluding carboxylic acids is 1. The molecule has 0 aliphatic rings. The van der Waals surface area contributed by atoms with Gasteiger partial charge in [0.25, 0.3) is 5.91 Å². The predicted molar refractivity (Wildman–Crippen MR) is 81.3 cm³/mol. The number of aromatic nitrogens is 1. The maximum Gasteiger partial charge on any atom is 0.270 e. The summed E-state index contributed by atoms with van der Waals surface area (Å²) in [6.07, 6.45) is 1.59. The lowest BCUT2D eigenvalue weighted by molar-refractivity contribution is 0.0938. The molecule has 21 heavy (non-hydrogen) atoms. The second kappa shape index (κ2) is 6.53. The van der Waals surface area contributed by atoms with Gasteiger partial charge >= 0.3 is 0 Å². The Morgan fingerprint density at radius 1 is 1.24 bits per heavy atom. The van der Waals surface area contributed by atoms with E-state index in [1.807, 2.05) is 19.9 Å². The monoisotopic (exact) mass is 280 g/mol. The van der Waals surface area contributed by atoms with E-state index >= 15 is 0 Å². The summed E-state index contributed by atoms with van der Waals surface area (Å²) >= 11 is 0. The van der Waals surface area contributed by atoms with Crippen LogP contribution in [-0.4, -0.2) is 16.9 Å². The van der Waals surface area contributed by atoms with Crippen LogP contribution in [0.5, 0.6) is 0 Å². The van der Waals surface area contributed by atoms with Crippen LogP contribution in [0.1, 0.15) is 29.9 Å². The Balaban J connectivity index is 2.09. The summed E-state index contributed by atoms with van der Waals surface area (Å²) in [6.45, 7) is 3.80. The van der Waals surface area contributed by atoms with Crippen molar-refractivity contribution in [3.8, 4) is 6.07 Å². The first-order valence-electron chi connectivity index (χ1n) is 6.62. The van der Waals surface area contributed by atoms with Crippen LogP contribution in [0.4, 0.5) is 11.4 Å². The highest BCUT2D eigenvalue weighted by Crippen LogP contribution is 2.17. The van der Waals surface area contributed by atoms with Gasteiger partial charge in [0.15, 0.2) is 0 Å². The molecule has 1 aromatic carbocycles. The molecule has 106 valence electrons. The van der Waals surface area contributed by atoms with Crippen molar-refractivity contribution in [1.82, 2.24) is 10.3 Å². The van der Waals surface area contributed by atoms with Crippen molar-refractivity contribution in [2.75, 3.05) is 5.32 Å². The fourth-order valence-electron chi connectivity index (χ4n) is 1.77. The summed E-state index contributed by atoms with van der Waals surface area (Å²) in [5.74, 6) is -0.192. The van der Waals surface area contributed by atoms with Crippen molar-refractivity contribution in [2.24, 2.45) is 0 Å². The molecule has 0 spiro atoms. The topological polar surface area (TPSA) is 77.8 Å². The molecule has 1 aromatic heterocycles. The maximum atomic E-state index is 11.8. The summed E-state index contributed by atoms with van der Waals surface area (Å²) in [5, 5.41) is 14.8. The van der Waals surface area contributed by atoms with Crippen molar-refractivity contribution in [2.45, 2.75) is 19.9 Å². The van der Waals surface area contributed by atoms with Gasteiger partial charge in [0.2, 0.25) is 0 Å². The first-order valence-corrected chi connectivity index (χ1v) is 6.62. The fraction of sp³-hybridized carbons (Fsp3) is 0.188. The Hall–Kier alpha value is -2.87. The number of nitriles is 1. The van der Waals surface area contributed by atoms with E-state index in [2.05, 4.69) is 21.7 Å². The minimum Gasteiger partial charge on any atom is -0.354 e. The van der Waals surface area contributed by atoms with Crippen molar-refractivity contribution in [3.05, 3.63) is 53.9 Å². The van der Waals surface area contributed by atoms with Gasteiger partial charge in [-0.25, -0.2) is 4.98 Å². The Bertz CT molecular complexity index is 671. The van der Waals surface area contributed by atoms with Gasteiger partial charge in [0.05, 0.1) is 23.5 Å². The number of anilines is 2. The summed E-state index contributed by atoms with van der Waals surface area (Å²) in [6, 6.07) is 12.8. The van der Waals surface area contributed by atoms with Crippen LogP contribution in [0.15, 0.2) is 42.6 Å². The molecule has 1 amide bonds. The van der Waals surface area contributed by atoms with Crippen LogP contribution < -0.4 is 10.6 Å². The zero-order chi connectivity index (χ0) is 15.2. The van der Waals surface area contributed by atoms with Crippen molar-refractivity contribution < 1.29 is 4.79 Å². The number of hydrogen-bond acceptors (Lipinski definition) is 4. The average Bonchev–Trinajstić information content (AvgIpc) is 2.47. The van der Waals surface area contributed by atoms with Gasteiger partial charge < -0.3 is 10.6 Å². The number of pyridine rings is 1. The highest BCUT2D eigenvalue weighted by Gasteiger charge is 2.08. The quantitative estimate of drug-likeness (QED) is 0.902. The molecule has 1 heterocycles. The van der Waals surface area contributed by atoms with Gasteiger partial charge in [-0.2, -0.15) is 5.26 Å². The Labute approximate surface area is 123 Å². The fourth-order valence-corrected chi connectivity index (χ4v) is 1.77. The molecule has 0 aliphatic heterocycles. The SMILES string of the molecule is CC(C)NC(=O)c1ccc(Nc2cccc(C#N)c2)cn1. The van der Waals surface area contributed by atoms with Gasteiger partial charge in [0.1, 0.15) is 5.69 Å². The molecule has 0 fully saturated rings. The molecule has 2 rings (SSSR count). The molecule has 0 saturated heterocycles. The molecule has 0 radical (unpaired) electrons. The lowest BCUT2D eigenvalue weighted by Crippen LogP contribution is -2.30. The van der Waals surface area contributed by atoms with Gasteiger partial charge in [-0.05, 0) is 44.2 Å². The first kappa shape index (κ1) is 14.5. The van der Waals surface area contributed by atoms with E-state index in [4.69, 9.17) is 5.26 Å². The van der Waals surface area contributed by atoms with E-state index in [0.717, 1.165) is 11.4 Å². The van der Waals surface area contributed by atoms with Crippen LogP contribution in [0.25, 0.3) is 0 Å². The Kier molecular flexibility index (Phi) is 4.52. The van der Waals surface area contributed by atoms with E-state index < -0.39 is 0 Å². The van der Waals surface area contributed by atoms with Crippen molar-refractivity contribution in [3.63, 3.8) is 0 Å². The number of hydrogen-bond donors (Lipinski definition) is 2. The summed E-state index contributed by atoms with van der Waals surface area (Å²) < 4.78 is 0. The van der Waals surface area contributed by atoms with Crippen LogP contribution in [0.3, 0.4) is 0 Å². The number of amides is 1. The predicted octanol–water partition coefficient (Wildman–Crippen LogP) is 2.84. The highest BCUT2D eigenvalue weighted by molar-refractivity contribution is 5.92. The minimum atomic E-state index is -0.192. The van der Waals surface area contributed by atoms with Gasteiger partial charge in [-0.1, -0.05) is 6.07 Å². The van der Waals surface area contributed by atoms with E-state index in [9.17, 15) is 4.79 Å². The second-order valence-corrected chi connectivity index (χ2v) is 4.88. The molecule has 2 aromatic rings. The zero-order valence-corrected chi connectivity index (χ0v) is 11.9. The molecular weight excluding hydrogens is 264 g/mol. The lowest BCUT2D eigenvalue weighted by Gasteiger charge is -2.09. The molecule has 0 atom stereocenters. The van der Waals surface area contributed by atoms with Gasteiger partial charge in [0, 0.05) is 11.7 Å². The number of carbonyl (C=O) groups is 1. The minimum absolute atomic E-state index is 0.0748. The van der Waals surface area contributed by atoms with Crippen molar-refractivity contribution in [1.29, 1.82) is 5.26 Å². The molecule has 2 N–H and O–H groups in total. The maximum absolute atomic E-state index is 11.8. The van der Waals surface area contributed by atoms with Crippen LogP contribution in [-0.2, 0) is 0 Å². The van der Waals surface area contributed by atoms with Gasteiger partial charge in [-0.3, -0.25) is 4.79 Å². The third-order valence-corrected chi connectivity index (χ3v) is 2.70. The molecule has 5 nitrogen and oxygen atoms in total. The number of benzene rings is 1. The summed E-state index contributed by atoms with van der Waals surface area (Å²) in [7, 11) is 0. The number of nitrogens with zero attached hydrogens (tertiary/aromatic N) is 2. The molecule has 0 unspecified atom stereocenters. The summed E-state index contributed by atoms with van der Waals surface area (Å²) in [4.78, 5) is 15.9. The third kappa shape index (κ3) is 4.05. The average molecular weight is 280 g/mol. The van der Waals surface area contributed by atoms with E-state index in [-0.39, 0.29) is 11.9 Å². The largest absolute Gasteiger partial charge is 0.354 e. The molecule has 5 heteroatoms. The van der Waals surface area contributed by atoms with Gasteiger partial charge in [-0.15, -0.1) is 0 Å². The van der Waals surface area contributed by atoms with E-state index in [0.29, 0.717) is 11.3 Å². The lowest BCUT2D eigenvalue weighted by atomic mass is 10.2. The van der Waals surface area contributed by atoms with Crippen LogP contribution >= 0.6 is 0 Å².